The predicted octanol–water partition coefficient (Wildman–Crippen LogP) is 23.7. The topological polar surface area (TPSA) is 227 Å². The molecule has 22 rings (SSSR count). The maximum absolute atomic E-state index is 12.1. The van der Waals surface area contributed by atoms with E-state index in [1.165, 1.54) is 0 Å². The summed E-state index contributed by atoms with van der Waals surface area (Å²) in [4.78, 5) is 79.5. The van der Waals surface area contributed by atoms with Crippen LogP contribution in [0.15, 0.2) is 388 Å². The lowest BCUT2D eigenvalue weighted by Crippen LogP contribution is -2.08. The van der Waals surface area contributed by atoms with Crippen LogP contribution >= 0.6 is 0 Å². The van der Waals surface area contributed by atoms with E-state index in [-0.39, 0.29) is 0 Å². The number of hydrogen-bond donors (Lipinski definition) is 0. The lowest BCUT2D eigenvalue weighted by molar-refractivity contribution is 1.05. The van der Waals surface area contributed by atoms with E-state index in [1.54, 1.807) is 0 Å². The van der Waals surface area contributed by atoms with E-state index in [0.717, 1.165) is 99.2 Å². The first-order valence-electron chi connectivity index (χ1n) is 40.5. The molecule has 7 heterocycles. The minimum atomic E-state index is 0.312. The van der Waals surface area contributed by atoms with Gasteiger partial charge in [-0.3, -0.25) is 0 Å². The summed E-state index contributed by atoms with van der Waals surface area (Å²) in [6, 6.07) is 131. The second kappa shape index (κ2) is 31.4. The summed E-state index contributed by atoms with van der Waals surface area (Å²) in [5.74, 6) is 7.07. The van der Waals surface area contributed by atoms with Crippen molar-refractivity contribution >= 4 is 43.6 Å². The fraction of sp³-hybridized carbons (Fsp3) is 0. The first-order chi connectivity index (χ1) is 61.4. The molecular weight excluding hydrogens is 1530 g/mol. The SMILES string of the molecule is N#Cc1cc(-n2c3ccc(-c4nc(-c5ccccc5)nc(-c5ccccc5)n4)cc3c3cc(-c4nc(-c5ccccc5)nc(-c5ccccc5)n4)ccc32)c(-c2nc(-c3ccccc3)nc(-c3ccccc3)n2)c(-n2c3ccc(-c4nc(-c5ccccc5)nc(-c5ccccc5)n4)cc3c3cc(-c4nc(-c5ccccc5)nc(-c5ccccc5)n4)ccc32)c1. The van der Waals surface area contributed by atoms with Gasteiger partial charge in [-0.05, 0) is 84.9 Å². The quantitative estimate of drug-likeness (QED) is 0.0825. The maximum atomic E-state index is 12.1. The number of hydrogen-bond acceptors (Lipinski definition) is 16. The molecule has 0 aliphatic rings. The third-order valence-electron chi connectivity index (χ3n) is 22.0. The van der Waals surface area contributed by atoms with Crippen LogP contribution in [-0.2, 0) is 0 Å². The van der Waals surface area contributed by atoms with Crippen molar-refractivity contribution in [2.24, 2.45) is 0 Å². The van der Waals surface area contributed by atoms with Crippen molar-refractivity contribution in [1.82, 2.24) is 83.9 Å². The molecule has 0 fully saturated rings. The van der Waals surface area contributed by atoms with Crippen LogP contribution in [0.4, 0.5) is 0 Å². The second-order valence-electron chi connectivity index (χ2n) is 29.8. The number of benzene rings is 15. The van der Waals surface area contributed by atoms with Crippen molar-refractivity contribution in [1.29, 1.82) is 5.26 Å². The fourth-order valence-corrected chi connectivity index (χ4v) is 16.1. The Kier molecular flexibility index (Phi) is 18.4. The lowest BCUT2D eigenvalue weighted by atomic mass is 10.0. The minimum Gasteiger partial charge on any atom is -0.308 e. The summed E-state index contributed by atoms with van der Waals surface area (Å²) in [6.07, 6.45) is 0. The van der Waals surface area contributed by atoms with Crippen molar-refractivity contribution in [3.8, 4) is 188 Å². The third kappa shape index (κ3) is 13.8. The number of nitrogens with zero attached hydrogens (tertiary/aromatic N) is 18. The summed E-state index contributed by atoms with van der Waals surface area (Å²) in [7, 11) is 0. The Labute approximate surface area is 710 Å². The highest BCUT2D eigenvalue weighted by molar-refractivity contribution is 6.14. The zero-order valence-electron chi connectivity index (χ0n) is 66.0. The van der Waals surface area contributed by atoms with Gasteiger partial charge in [0, 0.05) is 99.4 Å². The van der Waals surface area contributed by atoms with Gasteiger partial charge in [-0.25, -0.2) is 74.8 Å². The number of fused-ring (bicyclic) bond motifs is 6. The Morgan fingerprint density at radius 3 is 0.476 bits per heavy atom. The molecule has 7 aromatic heterocycles. The molecule has 0 unspecified atom stereocenters. The van der Waals surface area contributed by atoms with Gasteiger partial charge in [-0.1, -0.05) is 303 Å². The highest BCUT2D eigenvalue weighted by Gasteiger charge is 2.30. The third-order valence-corrected chi connectivity index (χ3v) is 22.0. The fourth-order valence-electron chi connectivity index (χ4n) is 16.1. The average molecular weight is 1590 g/mol. The molecule has 0 spiro atoms. The molecule has 0 saturated carbocycles. The van der Waals surface area contributed by atoms with Gasteiger partial charge in [0.1, 0.15) is 0 Å². The minimum absolute atomic E-state index is 0.312. The Morgan fingerprint density at radius 1 is 0.161 bits per heavy atom. The molecule has 18 heteroatoms. The van der Waals surface area contributed by atoms with E-state index in [9.17, 15) is 5.26 Å². The number of nitriles is 1. The van der Waals surface area contributed by atoms with Crippen LogP contribution in [-0.4, -0.2) is 83.9 Å². The molecule has 0 N–H and O–H groups in total. The molecule has 0 amide bonds. The monoisotopic (exact) mass is 1590 g/mol. The Hall–Kier alpha value is -17.6. The van der Waals surface area contributed by atoms with Gasteiger partial charge in [-0.2, -0.15) is 5.26 Å². The molecule has 0 atom stereocenters. The zero-order chi connectivity index (χ0) is 82.4. The van der Waals surface area contributed by atoms with Gasteiger partial charge in [0.2, 0.25) is 0 Å². The molecule has 15 aromatic carbocycles. The van der Waals surface area contributed by atoms with Crippen molar-refractivity contribution < 1.29 is 0 Å². The molecule has 124 heavy (non-hydrogen) atoms. The van der Waals surface area contributed by atoms with Crippen molar-refractivity contribution in [2.45, 2.75) is 0 Å². The first kappa shape index (κ1) is 72.9. The Morgan fingerprint density at radius 2 is 0.315 bits per heavy atom. The summed E-state index contributed by atoms with van der Waals surface area (Å²) in [6.45, 7) is 0. The molecule has 578 valence electrons. The van der Waals surface area contributed by atoms with Crippen molar-refractivity contribution in [2.75, 3.05) is 0 Å². The molecule has 0 aliphatic carbocycles. The highest BCUT2D eigenvalue weighted by atomic mass is 15.1. The normalized spacial score (nSPS) is 11.4. The van der Waals surface area contributed by atoms with Gasteiger partial charge in [0.25, 0.3) is 0 Å². The highest BCUT2D eigenvalue weighted by Crippen LogP contribution is 2.46. The van der Waals surface area contributed by atoms with Crippen molar-refractivity contribution in [3.63, 3.8) is 0 Å². The standard InChI is InChI=1S/C106H64N18/c107-65-66-59-89(123-85-55-51-77(102-113-92(67-31-11-1-12-32-67)108-93(114-102)68-33-13-2-14-34-68)61-81(85)82-62-78(52-56-86(82)123)103-115-94(69-35-15-3-16-36-69)109-95(116-103)70-37-17-4-18-38-70)91(106-121-100(75-47-27-9-28-48-75)112-101(122-106)76-49-29-10-30-50-76)90(60-66)124-87-57-53-79(104-117-96(71-39-19-5-20-40-71)110-97(118-104)72-41-21-6-22-42-72)63-83(87)84-64-80(54-58-88(84)124)105-119-98(73-43-23-7-24-44-73)111-99(120-105)74-45-25-8-26-46-74/h1-64H. The van der Waals surface area contributed by atoms with E-state index in [0.29, 0.717) is 132 Å². The molecule has 0 bridgehead atoms. The maximum Gasteiger partial charge on any atom is 0.168 e. The van der Waals surface area contributed by atoms with Gasteiger partial charge < -0.3 is 9.13 Å². The van der Waals surface area contributed by atoms with E-state index in [1.807, 2.05) is 315 Å². The molecule has 18 nitrogen and oxygen atoms in total. The van der Waals surface area contributed by atoms with Crippen LogP contribution < -0.4 is 0 Å². The van der Waals surface area contributed by atoms with Crippen LogP contribution in [0.5, 0.6) is 0 Å². The van der Waals surface area contributed by atoms with E-state index in [4.69, 9.17) is 74.8 Å². The average Bonchev–Trinajstić information content (AvgIpc) is 1.54. The Balaban J connectivity index is 0.849. The molecule has 0 aliphatic heterocycles. The molecule has 0 saturated heterocycles. The molecule has 0 radical (unpaired) electrons. The molecular formula is C106H64N18. The van der Waals surface area contributed by atoms with Crippen LogP contribution in [0, 0.1) is 11.3 Å². The van der Waals surface area contributed by atoms with Crippen LogP contribution in [0.2, 0.25) is 0 Å². The van der Waals surface area contributed by atoms with Gasteiger partial charge >= 0.3 is 0 Å². The van der Waals surface area contributed by atoms with Gasteiger partial charge in [0.15, 0.2) is 87.4 Å². The van der Waals surface area contributed by atoms with Crippen LogP contribution in [0.3, 0.4) is 0 Å². The zero-order valence-corrected chi connectivity index (χ0v) is 66.0. The number of aromatic nitrogens is 17. The summed E-state index contributed by atoms with van der Waals surface area (Å²) in [5.41, 5.74) is 16.1. The second-order valence-corrected chi connectivity index (χ2v) is 29.8. The van der Waals surface area contributed by atoms with Gasteiger partial charge in [0.05, 0.1) is 50.6 Å². The number of rotatable bonds is 17. The van der Waals surface area contributed by atoms with Crippen molar-refractivity contribution in [3.05, 3.63) is 394 Å². The summed E-state index contributed by atoms with van der Waals surface area (Å²) >= 11 is 0. The molecule has 22 aromatic rings. The van der Waals surface area contributed by atoms with E-state index in [2.05, 4.69) is 88.0 Å². The van der Waals surface area contributed by atoms with E-state index >= 15 is 0 Å². The Bertz CT molecular complexity index is 6830. The largest absolute Gasteiger partial charge is 0.308 e. The van der Waals surface area contributed by atoms with Crippen LogP contribution in [0.1, 0.15) is 5.56 Å². The summed E-state index contributed by atoms with van der Waals surface area (Å²) in [5, 5.41) is 15.3. The lowest BCUT2D eigenvalue weighted by Gasteiger charge is -2.20. The first-order valence-corrected chi connectivity index (χ1v) is 40.5. The van der Waals surface area contributed by atoms with E-state index < -0.39 is 0 Å². The summed E-state index contributed by atoms with van der Waals surface area (Å²) < 4.78 is 4.44. The van der Waals surface area contributed by atoms with Crippen LogP contribution in [0.25, 0.3) is 226 Å². The predicted molar refractivity (Wildman–Crippen MR) is 488 cm³/mol. The smallest absolute Gasteiger partial charge is 0.168 e. The van der Waals surface area contributed by atoms with Gasteiger partial charge in [-0.15, -0.1) is 0 Å².